The third-order valence-corrected chi connectivity index (χ3v) is 5.86. The molecule has 0 saturated carbocycles. The van der Waals surface area contributed by atoms with Crippen molar-refractivity contribution >= 4 is 28.2 Å². The maximum Gasteiger partial charge on any atom is 0.248 e. The van der Waals surface area contributed by atoms with Gasteiger partial charge in [0.1, 0.15) is 6.61 Å². The molecule has 6 nitrogen and oxygen atoms in total. The van der Waals surface area contributed by atoms with E-state index in [-0.39, 0.29) is 17.7 Å². The van der Waals surface area contributed by atoms with Crippen LogP contribution in [0.4, 0.5) is 5.00 Å². The molecule has 2 heterocycles. The molecule has 1 aromatic rings. The minimum Gasteiger partial charge on any atom is -0.387 e. The van der Waals surface area contributed by atoms with Gasteiger partial charge in [0.15, 0.2) is 0 Å². The highest BCUT2D eigenvalue weighted by molar-refractivity contribution is 7.16. The molecular formula is C20H27N3O3S. The number of carbonyl (C=O) groups excluding carboxylic acids is 2. The van der Waals surface area contributed by atoms with Gasteiger partial charge in [0.2, 0.25) is 11.8 Å². The van der Waals surface area contributed by atoms with E-state index in [4.69, 9.17) is 10.8 Å². The van der Waals surface area contributed by atoms with Crippen LogP contribution < -0.4 is 11.1 Å². The highest BCUT2D eigenvalue weighted by Crippen LogP contribution is 2.37. The van der Waals surface area contributed by atoms with Crippen molar-refractivity contribution in [3.05, 3.63) is 53.0 Å². The normalized spacial score (nSPS) is 14.7. The Labute approximate surface area is 164 Å². The lowest BCUT2D eigenvalue weighted by molar-refractivity contribution is -0.135. The zero-order valence-corrected chi connectivity index (χ0v) is 16.5. The van der Waals surface area contributed by atoms with Crippen molar-refractivity contribution in [2.75, 3.05) is 18.5 Å². The molecule has 1 aliphatic rings. The Morgan fingerprint density at radius 2 is 2.22 bits per heavy atom. The van der Waals surface area contributed by atoms with Crippen LogP contribution in [-0.2, 0) is 29.1 Å². The molecule has 2 rings (SSSR count). The highest BCUT2D eigenvalue weighted by Gasteiger charge is 2.26. The van der Waals surface area contributed by atoms with Crippen LogP contribution in [0.5, 0.6) is 0 Å². The summed E-state index contributed by atoms with van der Waals surface area (Å²) in [4.78, 5) is 26.9. The molecule has 7 heteroatoms. The topological polar surface area (TPSA) is 95.7 Å². The van der Waals surface area contributed by atoms with Crippen molar-refractivity contribution in [2.45, 2.75) is 32.9 Å². The van der Waals surface area contributed by atoms with Gasteiger partial charge in [0.25, 0.3) is 0 Å². The van der Waals surface area contributed by atoms with E-state index >= 15 is 0 Å². The second kappa shape index (κ2) is 9.64. The fourth-order valence-corrected chi connectivity index (χ4v) is 4.35. The van der Waals surface area contributed by atoms with Gasteiger partial charge < -0.3 is 21.1 Å². The summed E-state index contributed by atoms with van der Waals surface area (Å²) in [5.41, 5.74) is 8.85. The SMILES string of the molecule is C=C/C=C\C(=C)C(C)CC(=O)Nc1sc2c(c1CN)CCN(C(=O)CO)C2. The van der Waals surface area contributed by atoms with Gasteiger partial charge >= 0.3 is 0 Å². The van der Waals surface area contributed by atoms with Gasteiger partial charge in [0.05, 0.1) is 11.5 Å². The number of thiophene rings is 1. The summed E-state index contributed by atoms with van der Waals surface area (Å²) in [7, 11) is 0. The van der Waals surface area contributed by atoms with E-state index in [2.05, 4.69) is 18.5 Å². The summed E-state index contributed by atoms with van der Waals surface area (Å²) < 4.78 is 0. The number of amides is 2. The van der Waals surface area contributed by atoms with E-state index in [0.717, 1.165) is 26.6 Å². The summed E-state index contributed by atoms with van der Waals surface area (Å²) in [6, 6.07) is 0. The number of hydrogen-bond donors (Lipinski definition) is 3. The van der Waals surface area contributed by atoms with Gasteiger partial charge in [-0.2, -0.15) is 0 Å². The first-order chi connectivity index (χ1) is 12.9. The average Bonchev–Trinajstić information content (AvgIpc) is 3.00. The van der Waals surface area contributed by atoms with Gasteiger partial charge in [-0.1, -0.05) is 43.9 Å². The molecule has 0 aliphatic carbocycles. The largest absolute Gasteiger partial charge is 0.387 e. The predicted molar refractivity (Wildman–Crippen MR) is 109 cm³/mol. The van der Waals surface area contributed by atoms with Crippen molar-refractivity contribution in [1.29, 1.82) is 0 Å². The number of aliphatic hydroxyl groups is 1. The molecule has 1 aliphatic heterocycles. The van der Waals surface area contributed by atoms with Crippen LogP contribution in [0.25, 0.3) is 0 Å². The minimum atomic E-state index is -0.490. The fourth-order valence-electron chi connectivity index (χ4n) is 3.04. The highest BCUT2D eigenvalue weighted by atomic mass is 32.1. The summed E-state index contributed by atoms with van der Waals surface area (Å²) in [5, 5.41) is 12.8. The predicted octanol–water partition coefficient (Wildman–Crippen LogP) is 2.35. The van der Waals surface area contributed by atoms with Crippen molar-refractivity contribution < 1.29 is 14.7 Å². The number of anilines is 1. The van der Waals surface area contributed by atoms with Crippen LogP contribution in [0.2, 0.25) is 0 Å². The molecule has 0 fully saturated rings. The Hall–Kier alpha value is -2.22. The van der Waals surface area contributed by atoms with Gasteiger partial charge in [-0.3, -0.25) is 9.59 Å². The lowest BCUT2D eigenvalue weighted by atomic mass is 9.98. The maximum absolute atomic E-state index is 12.5. The van der Waals surface area contributed by atoms with E-state index < -0.39 is 6.61 Å². The number of nitrogens with zero attached hydrogens (tertiary/aromatic N) is 1. The van der Waals surface area contributed by atoms with E-state index in [1.165, 1.54) is 11.3 Å². The van der Waals surface area contributed by atoms with Crippen molar-refractivity contribution in [2.24, 2.45) is 11.7 Å². The van der Waals surface area contributed by atoms with Crippen molar-refractivity contribution in [3.63, 3.8) is 0 Å². The first-order valence-electron chi connectivity index (χ1n) is 8.91. The molecule has 0 spiro atoms. The number of aliphatic hydroxyl groups excluding tert-OH is 1. The zero-order valence-electron chi connectivity index (χ0n) is 15.7. The van der Waals surface area contributed by atoms with Crippen LogP contribution in [0.15, 0.2) is 37.0 Å². The van der Waals surface area contributed by atoms with E-state index in [1.807, 2.05) is 13.0 Å². The second-order valence-corrected chi connectivity index (χ2v) is 7.67. The average molecular weight is 390 g/mol. The van der Waals surface area contributed by atoms with Crippen LogP contribution in [0, 0.1) is 5.92 Å². The molecule has 146 valence electrons. The summed E-state index contributed by atoms with van der Waals surface area (Å²) in [6.07, 6.45) is 6.33. The smallest absolute Gasteiger partial charge is 0.248 e. The quantitative estimate of drug-likeness (QED) is 0.595. The Morgan fingerprint density at radius 3 is 2.85 bits per heavy atom. The summed E-state index contributed by atoms with van der Waals surface area (Å²) >= 11 is 1.46. The molecule has 4 N–H and O–H groups in total. The van der Waals surface area contributed by atoms with E-state index in [0.29, 0.717) is 32.5 Å². The molecule has 0 saturated heterocycles. The number of fused-ring (bicyclic) bond motifs is 1. The number of nitrogens with one attached hydrogen (secondary N) is 1. The molecule has 0 radical (unpaired) electrons. The molecule has 1 unspecified atom stereocenters. The Balaban J connectivity index is 2.09. The van der Waals surface area contributed by atoms with Gasteiger partial charge in [-0.25, -0.2) is 0 Å². The first kappa shape index (κ1) is 21.1. The summed E-state index contributed by atoms with van der Waals surface area (Å²) in [6.45, 7) is 10.4. The standard InChI is InChI=1S/C20H27N3O3S/c1-4-5-6-13(2)14(3)9-18(25)22-20-16(10-21)15-7-8-23(19(26)12-24)11-17(15)27-20/h4-6,14,24H,1-2,7-12,21H2,3H3,(H,22,25)/b6-5-. The number of hydrogen-bond acceptors (Lipinski definition) is 5. The summed E-state index contributed by atoms with van der Waals surface area (Å²) in [5.74, 6) is -0.365. The Kier molecular flexibility index (Phi) is 7.53. The lowest BCUT2D eigenvalue weighted by Gasteiger charge is -2.26. The van der Waals surface area contributed by atoms with Crippen molar-refractivity contribution in [3.8, 4) is 0 Å². The molecule has 1 atom stereocenters. The first-order valence-corrected chi connectivity index (χ1v) is 9.72. The van der Waals surface area contributed by atoms with Crippen molar-refractivity contribution in [1.82, 2.24) is 4.90 Å². The lowest BCUT2D eigenvalue weighted by Crippen LogP contribution is -2.37. The number of rotatable bonds is 8. The number of nitrogens with two attached hydrogens (primary N) is 1. The fraction of sp³-hybridized carbons (Fsp3) is 0.400. The van der Waals surface area contributed by atoms with Gasteiger partial charge in [-0.15, -0.1) is 11.3 Å². The van der Waals surface area contributed by atoms with Crippen LogP contribution in [0.1, 0.15) is 29.3 Å². The second-order valence-electron chi connectivity index (χ2n) is 6.56. The molecule has 2 amide bonds. The van der Waals surface area contributed by atoms with Gasteiger partial charge in [-0.05, 0) is 17.9 Å². The minimum absolute atomic E-state index is 0.00906. The monoisotopic (exact) mass is 389 g/mol. The van der Waals surface area contributed by atoms with Crippen LogP contribution >= 0.6 is 11.3 Å². The zero-order chi connectivity index (χ0) is 20.0. The molecule has 1 aromatic heterocycles. The molecule has 0 aromatic carbocycles. The maximum atomic E-state index is 12.5. The van der Waals surface area contributed by atoms with Crippen LogP contribution in [0.3, 0.4) is 0 Å². The number of allylic oxidation sites excluding steroid dienone is 4. The molecule has 27 heavy (non-hydrogen) atoms. The Bertz CT molecular complexity index is 767. The number of carbonyl (C=O) groups is 2. The third-order valence-electron chi connectivity index (χ3n) is 4.68. The van der Waals surface area contributed by atoms with E-state index in [1.54, 1.807) is 17.1 Å². The Morgan fingerprint density at radius 1 is 1.48 bits per heavy atom. The third kappa shape index (κ3) is 5.15. The van der Waals surface area contributed by atoms with Crippen LogP contribution in [-0.4, -0.2) is 35.0 Å². The molecular weight excluding hydrogens is 362 g/mol. The van der Waals surface area contributed by atoms with Gasteiger partial charge in [0, 0.05) is 30.0 Å². The van der Waals surface area contributed by atoms with E-state index in [9.17, 15) is 9.59 Å². The molecule has 0 bridgehead atoms.